The maximum absolute atomic E-state index is 6.12. The van der Waals surface area contributed by atoms with E-state index in [0.29, 0.717) is 0 Å². The summed E-state index contributed by atoms with van der Waals surface area (Å²) in [6.07, 6.45) is 5.88. The second-order valence-corrected chi connectivity index (χ2v) is 4.78. The molecule has 0 aliphatic heterocycles. The summed E-state index contributed by atoms with van der Waals surface area (Å²) >= 11 is 0. The van der Waals surface area contributed by atoms with E-state index in [2.05, 4.69) is 16.0 Å². The molecule has 0 radical (unpaired) electrons. The first kappa shape index (κ1) is 10.4. The van der Waals surface area contributed by atoms with Gasteiger partial charge in [-0.15, -0.1) is 0 Å². The van der Waals surface area contributed by atoms with Crippen molar-refractivity contribution in [1.82, 2.24) is 9.97 Å². The van der Waals surface area contributed by atoms with Crippen LogP contribution in [0.4, 0.5) is 0 Å². The lowest BCUT2D eigenvalue weighted by Crippen LogP contribution is -2.18. The van der Waals surface area contributed by atoms with Gasteiger partial charge < -0.3 is 5.73 Å². The van der Waals surface area contributed by atoms with Crippen LogP contribution in [0.1, 0.15) is 24.1 Å². The van der Waals surface area contributed by atoms with Crippen molar-refractivity contribution in [1.29, 1.82) is 0 Å². The van der Waals surface area contributed by atoms with Crippen molar-refractivity contribution < 1.29 is 0 Å². The van der Waals surface area contributed by atoms with Crippen molar-refractivity contribution >= 4 is 0 Å². The predicted octanol–water partition coefficient (Wildman–Crippen LogP) is 2.40. The largest absolute Gasteiger partial charge is 0.321 e. The Labute approximate surface area is 101 Å². The van der Waals surface area contributed by atoms with Crippen molar-refractivity contribution in [3.63, 3.8) is 0 Å². The molecule has 0 saturated heterocycles. The van der Waals surface area contributed by atoms with Gasteiger partial charge in [-0.05, 0) is 43.5 Å². The van der Waals surface area contributed by atoms with E-state index in [1.54, 1.807) is 0 Å². The van der Waals surface area contributed by atoms with E-state index in [1.807, 2.05) is 37.5 Å². The monoisotopic (exact) mass is 225 g/mol. The van der Waals surface area contributed by atoms with Crippen LogP contribution < -0.4 is 5.73 Å². The zero-order valence-corrected chi connectivity index (χ0v) is 9.85. The molecule has 86 valence electrons. The molecule has 1 aliphatic carbocycles. The van der Waals surface area contributed by atoms with Crippen LogP contribution in [0.15, 0.2) is 36.7 Å². The number of rotatable bonds is 2. The van der Waals surface area contributed by atoms with Crippen molar-refractivity contribution in [3.05, 3.63) is 47.9 Å². The molecule has 0 aromatic carbocycles. The lowest BCUT2D eigenvalue weighted by Gasteiger charge is -2.09. The third-order valence-corrected chi connectivity index (χ3v) is 3.33. The third-order valence-electron chi connectivity index (χ3n) is 3.33. The molecule has 0 amide bonds. The van der Waals surface area contributed by atoms with Gasteiger partial charge in [0.15, 0.2) is 0 Å². The van der Waals surface area contributed by atoms with Crippen LogP contribution in [-0.2, 0) is 5.54 Å². The molecule has 1 saturated carbocycles. The topological polar surface area (TPSA) is 51.8 Å². The summed E-state index contributed by atoms with van der Waals surface area (Å²) in [5.41, 5.74) is 10.2. The zero-order valence-electron chi connectivity index (χ0n) is 9.85. The minimum Gasteiger partial charge on any atom is -0.321 e. The second-order valence-electron chi connectivity index (χ2n) is 4.78. The Morgan fingerprint density at radius 3 is 2.41 bits per heavy atom. The van der Waals surface area contributed by atoms with Crippen LogP contribution in [0.25, 0.3) is 11.3 Å². The van der Waals surface area contributed by atoms with Crippen molar-refractivity contribution in [2.75, 3.05) is 0 Å². The summed E-state index contributed by atoms with van der Waals surface area (Å²) < 4.78 is 0. The van der Waals surface area contributed by atoms with Crippen molar-refractivity contribution in [2.45, 2.75) is 25.3 Å². The van der Waals surface area contributed by atoms with Gasteiger partial charge in [0.25, 0.3) is 0 Å². The van der Waals surface area contributed by atoms with E-state index in [9.17, 15) is 0 Å². The van der Waals surface area contributed by atoms with Crippen LogP contribution in [0, 0.1) is 6.92 Å². The van der Waals surface area contributed by atoms with Gasteiger partial charge in [0, 0.05) is 29.2 Å². The second kappa shape index (κ2) is 3.64. The Hall–Kier alpha value is -1.74. The quantitative estimate of drug-likeness (QED) is 0.853. The number of nitrogens with zero attached hydrogens (tertiary/aromatic N) is 2. The first-order chi connectivity index (χ1) is 8.17. The average molecular weight is 225 g/mol. The molecule has 0 spiro atoms. The van der Waals surface area contributed by atoms with Gasteiger partial charge in [-0.25, -0.2) is 0 Å². The molecule has 3 heteroatoms. The van der Waals surface area contributed by atoms with Crippen molar-refractivity contribution in [3.8, 4) is 11.3 Å². The zero-order chi connectivity index (χ0) is 11.9. The Kier molecular flexibility index (Phi) is 2.23. The molecular formula is C14H15N3. The molecular weight excluding hydrogens is 210 g/mol. The van der Waals surface area contributed by atoms with Gasteiger partial charge in [-0.3, -0.25) is 9.97 Å². The lowest BCUT2D eigenvalue weighted by atomic mass is 10.1. The third kappa shape index (κ3) is 1.94. The summed E-state index contributed by atoms with van der Waals surface area (Å²) in [6, 6.07) is 8.14. The molecule has 0 bridgehead atoms. The fourth-order valence-electron chi connectivity index (χ4n) is 1.90. The fraction of sp³-hybridized carbons (Fsp3) is 0.286. The van der Waals surface area contributed by atoms with Crippen LogP contribution in [0.5, 0.6) is 0 Å². The highest BCUT2D eigenvalue weighted by Crippen LogP contribution is 2.42. The highest BCUT2D eigenvalue weighted by Gasteiger charge is 2.40. The number of pyridine rings is 2. The summed E-state index contributed by atoms with van der Waals surface area (Å²) in [4.78, 5) is 8.74. The molecule has 0 atom stereocenters. The number of hydrogen-bond acceptors (Lipinski definition) is 3. The summed E-state index contributed by atoms with van der Waals surface area (Å²) in [5.74, 6) is 0. The normalized spacial score (nSPS) is 16.8. The average Bonchev–Trinajstić information content (AvgIpc) is 3.10. The summed E-state index contributed by atoms with van der Waals surface area (Å²) in [6.45, 7) is 1.98. The van der Waals surface area contributed by atoms with E-state index in [-0.39, 0.29) is 5.54 Å². The van der Waals surface area contributed by atoms with Crippen molar-refractivity contribution in [2.24, 2.45) is 5.73 Å². The molecule has 17 heavy (non-hydrogen) atoms. The molecule has 1 aliphatic rings. The molecule has 3 rings (SSSR count). The first-order valence-electron chi connectivity index (χ1n) is 5.86. The van der Waals surface area contributed by atoms with Gasteiger partial charge in [-0.2, -0.15) is 0 Å². The highest BCUT2D eigenvalue weighted by molar-refractivity contribution is 5.58. The minimum atomic E-state index is -0.100. The number of aryl methyl sites for hydroxylation is 1. The van der Waals surface area contributed by atoms with Gasteiger partial charge in [0.2, 0.25) is 0 Å². The Morgan fingerprint density at radius 2 is 1.88 bits per heavy atom. The van der Waals surface area contributed by atoms with E-state index < -0.39 is 0 Å². The maximum atomic E-state index is 6.12. The molecule has 2 aromatic rings. The molecule has 2 heterocycles. The number of nitrogens with two attached hydrogens (primary N) is 1. The van der Waals surface area contributed by atoms with E-state index in [4.69, 9.17) is 5.73 Å². The highest BCUT2D eigenvalue weighted by atomic mass is 14.8. The molecule has 1 fully saturated rings. The maximum Gasteiger partial charge on any atom is 0.0717 e. The molecule has 2 aromatic heterocycles. The molecule has 0 unspecified atom stereocenters. The Bertz CT molecular complexity index is 524. The van der Waals surface area contributed by atoms with Gasteiger partial charge in [0.05, 0.1) is 5.69 Å². The van der Waals surface area contributed by atoms with Crippen LogP contribution in [0.2, 0.25) is 0 Å². The minimum absolute atomic E-state index is 0.100. The van der Waals surface area contributed by atoms with Crippen LogP contribution in [-0.4, -0.2) is 9.97 Å². The van der Waals surface area contributed by atoms with Crippen LogP contribution >= 0.6 is 0 Å². The molecule has 2 N–H and O–H groups in total. The van der Waals surface area contributed by atoms with Gasteiger partial charge in [0.1, 0.15) is 0 Å². The SMILES string of the molecule is Cc1ccc(-c2ccc(C3(N)CC3)cn2)cn1. The van der Waals surface area contributed by atoms with E-state index in [0.717, 1.165) is 35.4 Å². The summed E-state index contributed by atoms with van der Waals surface area (Å²) in [5, 5.41) is 0. The van der Waals surface area contributed by atoms with Crippen LogP contribution in [0.3, 0.4) is 0 Å². The fourth-order valence-corrected chi connectivity index (χ4v) is 1.90. The Balaban J connectivity index is 1.91. The number of aromatic nitrogens is 2. The predicted molar refractivity (Wildman–Crippen MR) is 67.3 cm³/mol. The van der Waals surface area contributed by atoms with E-state index in [1.165, 1.54) is 0 Å². The smallest absolute Gasteiger partial charge is 0.0717 e. The first-order valence-corrected chi connectivity index (χ1v) is 5.86. The Morgan fingerprint density at radius 1 is 1.06 bits per heavy atom. The lowest BCUT2D eigenvalue weighted by molar-refractivity contribution is 0.735. The standard InChI is InChI=1S/C14H15N3/c1-10-2-3-11(8-16-10)13-5-4-12(9-17-13)14(15)6-7-14/h2-5,8-9H,6-7,15H2,1H3. The van der Waals surface area contributed by atoms with Gasteiger partial charge >= 0.3 is 0 Å². The summed E-state index contributed by atoms with van der Waals surface area (Å²) in [7, 11) is 0. The van der Waals surface area contributed by atoms with E-state index >= 15 is 0 Å². The van der Waals surface area contributed by atoms with Gasteiger partial charge in [-0.1, -0.05) is 6.07 Å². The molecule has 3 nitrogen and oxygen atoms in total. The number of hydrogen-bond donors (Lipinski definition) is 1.